The fourth-order valence-electron chi connectivity index (χ4n) is 2.32. The van der Waals surface area contributed by atoms with Crippen LogP contribution in [0.3, 0.4) is 0 Å². The van der Waals surface area contributed by atoms with Crippen LogP contribution in [-0.4, -0.2) is 13.4 Å². The Morgan fingerprint density at radius 1 is 1.19 bits per heavy atom. The Hall–Kier alpha value is -2.07. The van der Waals surface area contributed by atoms with Crippen LogP contribution in [0.5, 0.6) is 11.5 Å². The predicted molar refractivity (Wildman–Crippen MR) is 84.5 cm³/mol. The normalized spacial score (nSPS) is 16.5. The van der Waals surface area contributed by atoms with E-state index in [0.29, 0.717) is 5.57 Å². The summed E-state index contributed by atoms with van der Waals surface area (Å²) in [5, 5.41) is 0. The fourth-order valence-corrected chi connectivity index (χ4v) is 2.70. The maximum absolute atomic E-state index is 11.4. The summed E-state index contributed by atoms with van der Waals surface area (Å²) < 4.78 is 12.1. The molecule has 1 heterocycles. The number of benzene rings is 2. The minimum atomic E-state index is -0.387. The van der Waals surface area contributed by atoms with Gasteiger partial charge in [-0.05, 0) is 42.0 Å². The van der Waals surface area contributed by atoms with E-state index in [1.165, 1.54) is 0 Å². The number of aldehydes is 1. The smallest absolute Gasteiger partial charge is 0.152 e. The highest BCUT2D eigenvalue weighted by Crippen LogP contribution is 2.38. The second-order valence-corrected chi connectivity index (χ2v) is 5.63. The van der Waals surface area contributed by atoms with E-state index in [-0.39, 0.29) is 6.10 Å². The van der Waals surface area contributed by atoms with E-state index in [4.69, 9.17) is 9.47 Å². The van der Waals surface area contributed by atoms with Crippen LogP contribution in [-0.2, 0) is 4.79 Å². The van der Waals surface area contributed by atoms with E-state index in [0.717, 1.165) is 33.4 Å². The summed E-state index contributed by atoms with van der Waals surface area (Å²) in [6.07, 6.45) is 2.33. The molecule has 0 aliphatic carbocycles. The van der Waals surface area contributed by atoms with Crippen LogP contribution in [0, 0.1) is 0 Å². The molecule has 3 rings (SSSR count). The average molecular weight is 345 g/mol. The summed E-state index contributed by atoms with van der Waals surface area (Å²) in [6, 6.07) is 13.3. The Morgan fingerprint density at radius 3 is 2.62 bits per heavy atom. The van der Waals surface area contributed by atoms with Gasteiger partial charge in [0.25, 0.3) is 0 Å². The van der Waals surface area contributed by atoms with Crippen LogP contribution in [0.4, 0.5) is 0 Å². The third-order valence-electron chi connectivity index (χ3n) is 3.40. The Labute approximate surface area is 131 Å². The van der Waals surface area contributed by atoms with Gasteiger partial charge >= 0.3 is 0 Å². The zero-order valence-electron chi connectivity index (χ0n) is 11.4. The Balaban J connectivity index is 2.00. The molecule has 0 N–H and O–H groups in total. The van der Waals surface area contributed by atoms with Gasteiger partial charge in [0.2, 0.25) is 0 Å². The molecule has 1 atom stereocenters. The van der Waals surface area contributed by atoms with Crippen molar-refractivity contribution in [1.82, 2.24) is 0 Å². The Kier molecular flexibility index (Phi) is 3.80. The monoisotopic (exact) mass is 344 g/mol. The molecule has 0 spiro atoms. The quantitative estimate of drug-likeness (QED) is 0.783. The molecule has 21 heavy (non-hydrogen) atoms. The number of carbonyl (C=O) groups excluding carboxylic acids is 1. The third kappa shape index (κ3) is 2.72. The van der Waals surface area contributed by atoms with Gasteiger partial charge in [0.15, 0.2) is 6.10 Å². The lowest BCUT2D eigenvalue weighted by Crippen LogP contribution is -2.15. The molecule has 106 valence electrons. The molecule has 1 aliphatic heterocycles. The fraction of sp³-hybridized carbons (Fsp3) is 0.118. The van der Waals surface area contributed by atoms with E-state index in [9.17, 15) is 4.79 Å². The number of carbonyl (C=O) groups is 1. The summed E-state index contributed by atoms with van der Waals surface area (Å²) in [5.74, 6) is 1.54. The van der Waals surface area contributed by atoms with Gasteiger partial charge in [0.05, 0.1) is 7.11 Å². The Bertz CT molecular complexity index is 704. The van der Waals surface area contributed by atoms with Crippen molar-refractivity contribution in [3.8, 4) is 11.5 Å². The van der Waals surface area contributed by atoms with Crippen molar-refractivity contribution in [3.05, 3.63) is 63.6 Å². The highest BCUT2D eigenvalue weighted by atomic mass is 79.9. The van der Waals surface area contributed by atoms with Crippen LogP contribution < -0.4 is 9.47 Å². The van der Waals surface area contributed by atoms with Crippen molar-refractivity contribution in [1.29, 1.82) is 0 Å². The second kappa shape index (κ2) is 5.74. The highest BCUT2D eigenvalue weighted by molar-refractivity contribution is 9.10. The molecule has 0 bridgehead atoms. The molecule has 0 fully saturated rings. The lowest BCUT2D eigenvalue weighted by Gasteiger charge is -2.25. The molecule has 2 aromatic rings. The lowest BCUT2D eigenvalue weighted by molar-refractivity contribution is -0.105. The molecule has 2 aromatic carbocycles. The van der Waals surface area contributed by atoms with Gasteiger partial charge in [0.1, 0.15) is 17.8 Å². The standard InChI is InChI=1S/C17H13BrO3/c1-20-15-5-2-11(3-6-15)17-13(10-19)8-12-9-14(18)4-7-16(12)21-17/h2-10,17H,1H3/t17-/m1/s1. The van der Waals surface area contributed by atoms with Crippen molar-refractivity contribution >= 4 is 28.3 Å². The average Bonchev–Trinajstić information content (AvgIpc) is 2.53. The maximum atomic E-state index is 11.4. The number of rotatable bonds is 3. The molecule has 0 unspecified atom stereocenters. The summed E-state index contributed by atoms with van der Waals surface area (Å²) in [5.41, 5.74) is 2.42. The summed E-state index contributed by atoms with van der Waals surface area (Å²) in [4.78, 5) is 11.4. The van der Waals surface area contributed by atoms with Gasteiger partial charge in [-0.15, -0.1) is 0 Å². The summed E-state index contributed by atoms with van der Waals surface area (Å²) in [7, 11) is 1.62. The highest BCUT2D eigenvalue weighted by Gasteiger charge is 2.24. The first-order chi connectivity index (χ1) is 10.2. The Morgan fingerprint density at radius 2 is 1.95 bits per heavy atom. The summed E-state index contributed by atoms with van der Waals surface area (Å²) in [6.45, 7) is 0. The number of methoxy groups -OCH3 is 1. The molecule has 0 aromatic heterocycles. The second-order valence-electron chi connectivity index (χ2n) is 4.72. The molecule has 0 amide bonds. The number of fused-ring (bicyclic) bond motifs is 1. The van der Waals surface area contributed by atoms with E-state index < -0.39 is 0 Å². The van der Waals surface area contributed by atoms with Crippen LogP contribution in [0.15, 0.2) is 52.5 Å². The van der Waals surface area contributed by atoms with Gasteiger partial charge in [-0.25, -0.2) is 0 Å². The van der Waals surface area contributed by atoms with E-state index >= 15 is 0 Å². The van der Waals surface area contributed by atoms with Gasteiger partial charge in [-0.3, -0.25) is 4.79 Å². The van der Waals surface area contributed by atoms with Gasteiger partial charge in [0, 0.05) is 15.6 Å². The lowest BCUT2D eigenvalue weighted by atomic mass is 9.97. The van der Waals surface area contributed by atoms with Crippen LogP contribution in [0.1, 0.15) is 17.2 Å². The number of ether oxygens (including phenoxy) is 2. The first-order valence-electron chi connectivity index (χ1n) is 6.48. The first kappa shape index (κ1) is 13.9. The van der Waals surface area contributed by atoms with E-state index in [2.05, 4.69) is 15.9 Å². The molecule has 1 aliphatic rings. The molecule has 0 saturated carbocycles. The van der Waals surface area contributed by atoms with E-state index in [1.807, 2.05) is 48.5 Å². The minimum Gasteiger partial charge on any atom is -0.497 e. The molecule has 0 radical (unpaired) electrons. The zero-order chi connectivity index (χ0) is 14.8. The van der Waals surface area contributed by atoms with Crippen LogP contribution >= 0.6 is 15.9 Å². The third-order valence-corrected chi connectivity index (χ3v) is 3.89. The zero-order valence-corrected chi connectivity index (χ0v) is 13.0. The van der Waals surface area contributed by atoms with Crippen molar-refractivity contribution in [2.45, 2.75) is 6.10 Å². The molecule has 3 nitrogen and oxygen atoms in total. The SMILES string of the molecule is COc1ccc([C@H]2Oc3ccc(Br)cc3C=C2C=O)cc1. The van der Waals surface area contributed by atoms with Crippen molar-refractivity contribution in [2.75, 3.05) is 7.11 Å². The topological polar surface area (TPSA) is 35.5 Å². The van der Waals surface area contributed by atoms with Crippen molar-refractivity contribution in [3.63, 3.8) is 0 Å². The van der Waals surface area contributed by atoms with Gasteiger partial charge < -0.3 is 9.47 Å². The maximum Gasteiger partial charge on any atom is 0.152 e. The number of hydrogen-bond donors (Lipinski definition) is 0. The van der Waals surface area contributed by atoms with E-state index in [1.54, 1.807) is 7.11 Å². The predicted octanol–water partition coefficient (Wildman–Crippen LogP) is 4.17. The molecular formula is C17H13BrO3. The van der Waals surface area contributed by atoms with Crippen LogP contribution in [0.2, 0.25) is 0 Å². The minimum absolute atomic E-state index is 0.387. The first-order valence-corrected chi connectivity index (χ1v) is 7.27. The molecule has 0 saturated heterocycles. The number of halogens is 1. The van der Waals surface area contributed by atoms with Crippen molar-refractivity contribution < 1.29 is 14.3 Å². The van der Waals surface area contributed by atoms with Crippen LogP contribution in [0.25, 0.3) is 6.08 Å². The largest absolute Gasteiger partial charge is 0.497 e. The molecular weight excluding hydrogens is 332 g/mol. The number of hydrogen-bond acceptors (Lipinski definition) is 3. The molecule has 4 heteroatoms. The van der Waals surface area contributed by atoms with Crippen molar-refractivity contribution in [2.24, 2.45) is 0 Å². The van der Waals surface area contributed by atoms with Gasteiger partial charge in [-0.1, -0.05) is 28.1 Å². The summed E-state index contributed by atoms with van der Waals surface area (Å²) >= 11 is 3.42. The van der Waals surface area contributed by atoms with Gasteiger partial charge in [-0.2, -0.15) is 0 Å².